The zero-order chi connectivity index (χ0) is 21.7. The van der Waals surface area contributed by atoms with Crippen molar-refractivity contribution in [2.45, 2.75) is 56.4 Å². The Labute approximate surface area is 171 Å². The minimum atomic E-state index is -3.87. The molecule has 0 radical (unpaired) electrons. The molecule has 0 atom stereocenters. The Kier molecular flexibility index (Phi) is 7.38. The highest BCUT2D eigenvalue weighted by atomic mass is 32.2. The molecule has 9 heteroatoms. The van der Waals surface area contributed by atoms with Crippen LogP contribution in [0.3, 0.4) is 0 Å². The van der Waals surface area contributed by atoms with Crippen molar-refractivity contribution in [2.75, 3.05) is 20.2 Å². The molecular formula is C20H27N3O5S. The maximum Gasteiger partial charge on any atom is 0.321 e. The maximum absolute atomic E-state index is 12.4. The zero-order valence-corrected chi connectivity index (χ0v) is 17.8. The molecule has 0 unspecified atom stereocenters. The monoisotopic (exact) mass is 421 g/mol. The van der Waals surface area contributed by atoms with E-state index in [1.807, 2.05) is 6.92 Å². The summed E-state index contributed by atoms with van der Waals surface area (Å²) in [4.78, 5) is 25.7. The van der Waals surface area contributed by atoms with Crippen molar-refractivity contribution in [1.82, 2.24) is 9.62 Å². The first-order valence-corrected chi connectivity index (χ1v) is 11.0. The van der Waals surface area contributed by atoms with Gasteiger partial charge >= 0.3 is 5.97 Å². The summed E-state index contributed by atoms with van der Waals surface area (Å²) in [5.41, 5.74) is 0.907. The normalized spacial score (nSPS) is 15.9. The number of aryl methyl sites for hydroxylation is 2. The maximum atomic E-state index is 12.4. The first kappa shape index (κ1) is 22.8. The van der Waals surface area contributed by atoms with Crippen LogP contribution >= 0.6 is 0 Å². The third kappa shape index (κ3) is 5.55. The lowest BCUT2D eigenvalue weighted by Crippen LogP contribution is -2.51. The van der Waals surface area contributed by atoms with Crippen molar-refractivity contribution in [3.8, 4) is 6.07 Å². The predicted molar refractivity (Wildman–Crippen MR) is 106 cm³/mol. The molecule has 1 aromatic rings. The number of rotatable bonds is 7. The fourth-order valence-electron chi connectivity index (χ4n) is 3.31. The lowest BCUT2D eigenvalue weighted by Gasteiger charge is -2.38. The second kappa shape index (κ2) is 9.37. The van der Waals surface area contributed by atoms with E-state index in [4.69, 9.17) is 4.74 Å². The third-order valence-corrected chi connectivity index (χ3v) is 6.86. The third-order valence-electron chi connectivity index (χ3n) is 5.46. The number of hydrogen-bond donors (Lipinski definition) is 1. The van der Waals surface area contributed by atoms with Crippen molar-refractivity contribution < 1.29 is 22.7 Å². The molecule has 0 aliphatic heterocycles. The SMILES string of the molecule is Cc1ccc(S(=O)(=O)NCC(=O)OCC(=O)N(C)C2(C#N)CCCCC2)cc1C. The summed E-state index contributed by atoms with van der Waals surface area (Å²) < 4.78 is 31.7. The van der Waals surface area contributed by atoms with Gasteiger partial charge in [-0.25, -0.2) is 8.42 Å². The van der Waals surface area contributed by atoms with Gasteiger partial charge in [0, 0.05) is 7.05 Å². The fourth-order valence-corrected chi connectivity index (χ4v) is 4.36. The van der Waals surface area contributed by atoms with E-state index in [1.165, 1.54) is 24.1 Å². The number of ether oxygens (including phenoxy) is 1. The van der Waals surface area contributed by atoms with E-state index in [0.717, 1.165) is 30.4 Å². The molecule has 0 bridgehead atoms. The Morgan fingerprint density at radius 1 is 1.21 bits per heavy atom. The highest BCUT2D eigenvalue weighted by molar-refractivity contribution is 7.89. The first-order valence-electron chi connectivity index (χ1n) is 9.52. The molecule has 1 aromatic carbocycles. The van der Waals surface area contributed by atoms with Crippen LogP contribution in [-0.2, 0) is 24.3 Å². The van der Waals surface area contributed by atoms with Gasteiger partial charge in [0.15, 0.2) is 6.61 Å². The molecule has 1 fully saturated rings. The zero-order valence-electron chi connectivity index (χ0n) is 17.0. The number of nitrogens with zero attached hydrogens (tertiary/aromatic N) is 2. The average Bonchev–Trinajstić information content (AvgIpc) is 2.72. The first-order chi connectivity index (χ1) is 13.6. The van der Waals surface area contributed by atoms with E-state index in [0.29, 0.717) is 12.8 Å². The topological polar surface area (TPSA) is 117 Å². The van der Waals surface area contributed by atoms with Crippen LogP contribution in [0, 0.1) is 25.2 Å². The van der Waals surface area contributed by atoms with Gasteiger partial charge in [-0.1, -0.05) is 25.3 Å². The minimum Gasteiger partial charge on any atom is -0.455 e. The number of amides is 1. The quantitative estimate of drug-likeness (QED) is 0.671. The molecule has 1 amide bonds. The van der Waals surface area contributed by atoms with Crippen LogP contribution in [0.15, 0.2) is 23.1 Å². The molecule has 1 aliphatic rings. The summed E-state index contributed by atoms with van der Waals surface area (Å²) in [7, 11) is -2.33. The number of carbonyl (C=O) groups is 2. The van der Waals surface area contributed by atoms with Crippen LogP contribution in [0.25, 0.3) is 0 Å². The summed E-state index contributed by atoms with van der Waals surface area (Å²) in [6.07, 6.45) is 3.95. The fraction of sp³-hybridized carbons (Fsp3) is 0.550. The second-order valence-electron chi connectivity index (χ2n) is 7.39. The van der Waals surface area contributed by atoms with Crippen LogP contribution in [0.1, 0.15) is 43.2 Å². The van der Waals surface area contributed by atoms with Crippen molar-refractivity contribution >= 4 is 21.9 Å². The standard InChI is InChI=1S/C20H27N3O5S/c1-15-7-8-17(11-16(15)2)29(26,27)22-12-19(25)28-13-18(24)23(3)20(14-21)9-5-4-6-10-20/h7-8,11,22H,4-6,9-10,12-13H2,1-3H3. The number of likely N-dealkylation sites (N-methyl/N-ethyl adjacent to an activating group) is 1. The molecule has 0 saturated heterocycles. The van der Waals surface area contributed by atoms with E-state index in [-0.39, 0.29) is 4.90 Å². The molecule has 1 aliphatic carbocycles. The van der Waals surface area contributed by atoms with E-state index < -0.39 is 40.6 Å². The number of esters is 1. The number of nitriles is 1. The number of carbonyl (C=O) groups excluding carboxylic acids is 2. The van der Waals surface area contributed by atoms with Crippen molar-refractivity contribution in [3.05, 3.63) is 29.3 Å². The Hall–Kier alpha value is -2.44. The van der Waals surface area contributed by atoms with Crippen LogP contribution < -0.4 is 4.72 Å². The van der Waals surface area contributed by atoms with Crippen LogP contribution in [0.2, 0.25) is 0 Å². The van der Waals surface area contributed by atoms with E-state index in [9.17, 15) is 23.3 Å². The molecule has 8 nitrogen and oxygen atoms in total. The molecule has 0 heterocycles. The van der Waals surface area contributed by atoms with Gasteiger partial charge in [-0.05, 0) is 49.9 Å². The number of hydrogen-bond acceptors (Lipinski definition) is 6. The van der Waals surface area contributed by atoms with Crippen molar-refractivity contribution in [2.24, 2.45) is 0 Å². The summed E-state index contributed by atoms with van der Waals surface area (Å²) in [6, 6.07) is 6.90. The van der Waals surface area contributed by atoms with Gasteiger partial charge in [0.25, 0.3) is 5.91 Å². The molecule has 1 N–H and O–H groups in total. The number of nitrogens with one attached hydrogen (secondary N) is 1. The Bertz CT molecular complexity index is 915. The van der Waals surface area contributed by atoms with Crippen LogP contribution in [0.4, 0.5) is 0 Å². The highest BCUT2D eigenvalue weighted by Gasteiger charge is 2.39. The molecule has 0 aromatic heterocycles. The summed E-state index contributed by atoms with van der Waals surface area (Å²) >= 11 is 0. The molecule has 1 saturated carbocycles. The molecule has 158 valence electrons. The highest BCUT2D eigenvalue weighted by Crippen LogP contribution is 2.32. The van der Waals surface area contributed by atoms with Crippen molar-refractivity contribution in [1.29, 1.82) is 5.26 Å². The lowest BCUT2D eigenvalue weighted by atomic mass is 9.81. The van der Waals surface area contributed by atoms with Gasteiger partial charge in [-0.15, -0.1) is 0 Å². The van der Waals surface area contributed by atoms with Gasteiger partial charge in [-0.3, -0.25) is 9.59 Å². The van der Waals surface area contributed by atoms with Crippen LogP contribution in [-0.4, -0.2) is 50.9 Å². The van der Waals surface area contributed by atoms with Gasteiger partial charge in [0.2, 0.25) is 10.0 Å². The van der Waals surface area contributed by atoms with Crippen LogP contribution in [0.5, 0.6) is 0 Å². The smallest absolute Gasteiger partial charge is 0.321 e. The Balaban J connectivity index is 1.88. The van der Waals surface area contributed by atoms with Gasteiger partial charge < -0.3 is 9.64 Å². The number of sulfonamides is 1. The van der Waals surface area contributed by atoms with E-state index in [1.54, 1.807) is 13.0 Å². The average molecular weight is 422 g/mol. The molecule has 0 spiro atoms. The Morgan fingerprint density at radius 2 is 1.86 bits per heavy atom. The van der Waals surface area contributed by atoms with Gasteiger partial charge in [-0.2, -0.15) is 9.98 Å². The summed E-state index contributed by atoms with van der Waals surface area (Å²) in [5, 5.41) is 9.53. The van der Waals surface area contributed by atoms with Gasteiger partial charge in [0.1, 0.15) is 12.1 Å². The van der Waals surface area contributed by atoms with E-state index >= 15 is 0 Å². The number of benzene rings is 1. The molecular weight excluding hydrogens is 394 g/mol. The molecule has 29 heavy (non-hydrogen) atoms. The van der Waals surface area contributed by atoms with E-state index in [2.05, 4.69) is 10.8 Å². The summed E-state index contributed by atoms with van der Waals surface area (Å²) in [5.74, 6) is -1.35. The molecule has 2 rings (SSSR count). The Morgan fingerprint density at radius 3 is 2.45 bits per heavy atom. The van der Waals surface area contributed by atoms with Gasteiger partial charge in [0.05, 0.1) is 11.0 Å². The summed E-state index contributed by atoms with van der Waals surface area (Å²) in [6.45, 7) is 2.54. The predicted octanol–water partition coefficient (Wildman–Crippen LogP) is 1.81. The van der Waals surface area contributed by atoms with Crippen molar-refractivity contribution in [3.63, 3.8) is 0 Å². The largest absolute Gasteiger partial charge is 0.455 e. The minimum absolute atomic E-state index is 0.0532. The lowest BCUT2D eigenvalue weighted by molar-refractivity contribution is -0.152. The second-order valence-corrected chi connectivity index (χ2v) is 9.16.